The average molecular weight is 448 g/mol. The summed E-state index contributed by atoms with van der Waals surface area (Å²) in [5, 5.41) is -0.347. The summed E-state index contributed by atoms with van der Waals surface area (Å²) in [4.78, 5) is 38.5. The first kappa shape index (κ1) is 21.6. The predicted octanol–water partition coefficient (Wildman–Crippen LogP) is 6.14. The lowest BCUT2D eigenvalue weighted by Crippen LogP contribution is -2.27. The molecule has 6 nitrogen and oxygen atoms in total. The molecule has 162 valence electrons. The normalized spacial score (nSPS) is 14.9. The molecule has 3 aromatic rings. The van der Waals surface area contributed by atoms with E-state index in [2.05, 4.69) is 0 Å². The summed E-state index contributed by atoms with van der Waals surface area (Å²) in [6.45, 7) is 2.45. The predicted molar refractivity (Wildman–Crippen MR) is 124 cm³/mol. The number of furan rings is 1. The number of ether oxygens (including phenoxy) is 1. The number of imide groups is 1. The third-order valence-electron chi connectivity index (χ3n) is 4.84. The molecule has 0 bridgehead atoms. The van der Waals surface area contributed by atoms with Crippen molar-refractivity contribution in [2.45, 2.75) is 19.8 Å². The van der Waals surface area contributed by atoms with E-state index in [4.69, 9.17) is 9.15 Å². The Morgan fingerprint density at radius 2 is 1.78 bits per heavy atom. The minimum absolute atomic E-state index is 0.296. The lowest BCUT2D eigenvalue weighted by atomic mass is 10.1. The highest BCUT2D eigenvalue weighted by atomic mass is 32.2. The maximum absolute atomic E-state index is 12.7. The van der Waals surface area contributed by atoms with Crippen LogP contribution < -0.4 is 4.90 Å². The van der Waals surface area contributed by atoms with Crippen LogP contribution in [-0.2, 0) is 9.53 Å². The van der Waals surface area contributed by atoms with E-state index < -0.39 is 0 Å². The van der Waals surface area contributed by atoms with Crippen LogP contribution >= 0.6 is 11.8 Å². The molecule has 0 saturated carbocycles. The lowest BCUT2D eigenvalue weighted by Gasteiger charge is -2.11. The van der Waals surface area contributed by atoms with Crippen LogP contribution in [0.1, 0.15) is 35.9 Å². The molecular formula is C25H21NO5S. The van der Waals surface area contributed by atoms with Gasteiger partial charge in [-0.2, -0.15) is 0 Å². The lowest BCUT2D eigenvalue weighted by molar-refractivity contribution is -0.113. The highest BCUT2D eigenvalue weighted by molar-refractivity contribution is 8.19. The Balaban J connectivity index is 1.47. The second kappa shape index (κ2) is 9.70. The SMILES string of the molecule is CCCCOC(=O)c1ccc(-c2ccc(/C=C3\SC(=O)N(c4ccccc4)C3=O)o2)cc1. The number of hydrogen-bond acceptors (Lipinski definition) is 6. The van der Waals surface area contributed by atoms with Crippen LogP contribution in [0.5, 0.6) is 0 Å². The second-order valence-corrected chi connectivity index (χ2v) is 8.11. The van der Waals surface area contributed by atoms with Crippen LogP contribution in [0.3, 0.4) is 0 Å². The smallest absolute Gasteiger partial charge is 0.338 e. The molecule has 1 aliphatic heterocycles. The first-order chi connectivity index (χ1) is 15.6. The number of para-hydroxylation sites is 1. The minimum Gasteiger partial charge on any atom is -0.462 e. The third kappa shape index (κ3) is 4.68. The Morgan fingerprint density at radius 3 is 2.50 bits per heavy atom. The molecule has 0 N–H and O–H groups in total. The van der Waals surface area contributed by atoms with Crippen LogP contribution in [0.25, 0.3) is 17.4 Å². The number of benzene rings is 2. The van der Waals surface area contributed by atoms with Gasteiger partial charge >= 0.3 is 5.97 Å². The van der Waals surface area contributed by atoms with Crippen molar-refractivity contribution < 1.29 is 23.5 Å². The standard InChI is InChI=1S/C25H21NO5S/c1-2-3-15-30-24(28)18-11-9-17(10-12-18)21-14-13-20(31-21)16-22-23(27)26(25(29)32-22)19-7-5-4-6-8-19/h4-14,16H,2-3,15H2,1H3/b22-16-. The molecule has 0 aliphatic carbocycles. The molecule has 32 heavy (non-hydrogen) atoms. The highest BCUT2D eigenvalue weighted by Crippen LogP contribution is 2.36. The van der Waals surface area contributed by atoms with Crippen molar-refractivity contribution in [1.82, 2.24) is 0 Å². The zero-order chi connectivity index (χ0) is 22.5. The van der Waals surface area contributed by atoms with E-state index in [9.17, 15) is 14.4 Å². The van der Waals surface area contributed by atoms with Gasteiger partial charge in [0.1, 0.15) is 11.5 Å². The summed E-state index contributed by atoms with van der Waals surface area (Å²) in [5.74, 6) is 0.320. The fourth-order valence-electron chi connectivity index (χ4n) is 3.15. The zero-order valence-electron chi connectivity index (χ0n) is 17.4. The zero-order valence-corrected chi connectivity index (χ0v) is 18.3. The Hall–Kier alpha value is -3.58. The van der Waals surface area contributed by atoms with Gasteiger partial charge in [-0.25, -0.2) is 9.69 Å². The summed E-state index contributed by atoms with van der Waals surface area (Å²) in [6, 6.07) is 19.3. The Labute approximate surface area is 189 Å². The Kier molecular flexibility index (Phi) is 6.56. The first-order valence-electron chi connectivity index (χ1n) is 10.3. The van der Waals surface area contributed by atoms with Crippen LogP contribution in [-0.4, -0.2) is 23.7 Å². The number of thioether (sulfide) groups is 1. The molecule has 1 aliphatic rings. The van der Waals surface area contributed by atoms with Crippen molar-refractivity contribution in [1.29, 1.82) is 0 Å². The van der Waals surface area contributed by atoms with Gasteiger partial charge in [0.25, 0.3) is 11.1 Å². The fraction of sp³-hybridized carbons (Fsp3) is 0.160. The number of esters is 1. The molecule has 0 atom stereocenters. The van der Waals surface area contributed by atoms with Crippen LogP contribution in [0.4, 0.5) is 10.5 Å². The van der Waals surface area contributed by atoms with E-state index in [0.29, 0.717) is 34.3 Å². The van der Waals surface area contributed by atoms with Crippen LogP contribution in [0.2, 0.25) is 0 Å². The molecule has 2 aromatic carbocycles. The van der Waals surface area contributed by atoms with Crippen molar-refractivity contribution in [2.75, 3.05) is 11.5 Å². The maximum Gasteiger partial charge on any atom is 0.338 e. The summed E-state index contributed by atoms with van der Waals surface area (Å²) >= 11 is 0.877. The van der Waals surface area contributed by atoms with E-state index >= 15 is 0 Å². The van der Waals surface area contributed by atoms with Crippen molar-refractivity contribution >= 4 is 40.6 Å². The molecule has 1 fully saturated rings. The van der Waals surface area contributed by atoms with Crippen molar-refractivity contribution in [3.05, 3.63) is 83.0 Å². The fourth-order valence-corrected chi connectivity index (χ4v) is 3.97. The molecule has 0 unspecified atom stereocenters. The van der Waals surface area contributed by atoms with Gasteiger partial charge < -0.3 is 9.15 Å². The van der Waals surface area contributed by atoms with E-state index in [-0.39, 0.29) is 17.1 Å². The topological polar surface area (TPSA) is 76.8 Å². The van der Waals surface area contributed by atoms with Crippen molar-refractivity contribution in [3.63, 3.8) is 0 Å². The summed E-state index contributed by atoms with van der Waals surface area (Å²) in [6.07, 6.45) is 3.37. The molecule has 2 amide bonds. The van der Waals surface area contributed by atoms with E-state index in [0.717, 1.165) is 35.1 Å². The van der Waals surface area contributed by atoms with Gasteiger partial charge in [0, 0.05) is 11.6 Å². The number of nitrogens with zero attached hydrogens (tertiary/aromatic N) is 1. The monoisotopic (exact) mass is 447 g/mol. The third-order valence-corrected chi connectivity index (χ3v) is 5.71. The van der Waals surface area contributed by atoms with E-state index in [1.54, 1.807) is 66.7 Å². The molecule has 2 heterocycles. The summed E-state index contributed by atoms with van der Waals surface area (Å²) in [7, 11) is 0. The summed E-state index contributed by atoms with van der Waals surface area (Å²) in [5.41, 5.74) is 1.80. The molecule has 0 radical (unpaired) electrons. The van der Waals surface area contributed by atoms with Gasteiger partial charge in [-0.3, -0.25) is 9.59 Å². The number of unbranched alkanes of at least 4 members (excludes halogenated alkanes) is 1. The van der Waals surface area contributed by atoms with Gasteiger partial charge in [-0.05, 0) is 54.6 Å². The number of anilines is 1. The molecule has 1 saturated heterocycles. The largest absolute Gasteiger partial charge is 0.462 e. The van der Waals surface area contributed by atoms with E-state index in [1.165, 1.54) is 0 Å². The van der Waals surface area contributed by atoms with Gasteiger partial charge in [-0.1, -0.05) is 43.7 Å². The number of amides is 2. The van der Waals surface area contributed by atoms with Crippen molar-refractivity contribution in [3.8, 4) is 11.3 Å². The maximum atomic E-state index is 12.7. The number of carbonyl (C=O) groups excluding carboxylic acids is 3. The quantitative estimate of drug-likeness (QED) is 0.246. The molecule has 0 spiro atoms. The average Bonchev–Trinajstić information content (AvgIpc) is 3.39. The summed E-state index contributed by atoms with van der Waals surface area (Å²) < 4.78 is 11.1. The van der Waals surface area contributed by atoms with Gasteiger partial charge in [0.05, 0.1) is 22.8 Å². The number of rotatable bonds is 7. The number of carbonyl (C=O) groups is 3. The van der Waals surface area contributed by atoms with Crippen molar-refractivity contribution in [2.24, 2.45) is 0 Å². The Morgan fingerprint density at radius 1 is 1.03 bits per heavy atom. The second-order valence-electron chi connectivity index (χ2n) is 7.12. The van der Waals surface area contributed by atoms with Gasteiger partial charge in [0.2, 0.25) is 0 Å². The van der Waals surface area contributed by atoms with Gasteiger partial charge in [-0.15, -0.1) is 0 Å². The molecule has 4 rings (SSSR count). The molecule has 1 aromatic heterocycles. The van der Waals surface area contributed by atoms with E-state index in [1.807, 2.05) is 13.0 Å². The molecular weight excluding hydrogens is 426 g/mol. The van der Waals surface area contributed by atoms with Gasteiger partial charge in [0.15, 0.2) is 0 Å². The molecule has 7 heteroatoms. The van der Waals surface area contributed by atoms with Crippen LogP contribution in [0, 0.1) is 0 Å². The Bertz CT molecular complexity index is 1160. The highest BCUT2D eigenvalue weighted by Gasteiger charge is 2.36. The van der Waals surface area contributed by atoms with Crippen LogP contribution in [0.15, 0.2) is 76.1 Å². The minimum atomic E-state index is -0.380. The first-order valence-corrected chi connectivity index (χ1v) is 11.1. The number of hydrogen-bond donors (Lipinski definition) is 0.